The zero-order valence-electron chi connectivity index (χ0n) is 33.7. The smallest absolute Gasteiger partial charge is 0.164 e. The van der Waals surface area contributed by atoms with Crippen molar-refractivity contribution < 1.29 is 0 Å². The van der Waals surface area contributed by atoms with Crippen LogP contribution >= 0.6 is 0 Å². The van der Waals surface area contributed by atoms with Crippen molar-refractivity contribution in [1.29, 1.82) is 0 Å². The summed E-state index contributed by atoms with van der Waals surface area (Å²) in [6, 6.07) is 82.5. The van der Waals surface area contributed by atoms with E-state index in [1.165, 1.54) is 55.3 Å². The Morgan fingerprint density at radius 1 is 0.306 bits per heavy atom. The van der Waals surface area contributed by atoms with Crippen LogP contribution in [-0.2, 0) is 5.41 Å². The molecule has 0 amide bonds. The van der Waals surface area contributed by atoms with E-state index in [0.29, 0.717) is 17.5 Å². The molecule has 0 aliphatic heterocycles. The molecule has 2 aromatic heterocycles. The van der Waals surface area contributed by atoms with E-state index < -0.39 is 5.41 Å². The Bertz CT molecular complexity index is 3340. The van der Waals surface area contributed by atoms with Gasteiger partial charge in [-0.1, -0.05) is 182 Å². The first-order valence-corrected chi connectivity index (χ1v) is 21.1. The zero-order valence-corrected chi connectivity index (χ0v) is 33.7. The Morgan fingerprint density at radius 2 is 0.758 bits per heavy atom. The fourth-order valence-electron chi connectivity index (χ4n) is 9.77. The largest absolute Gasteiger partial charge is 0.309 e. The molecule has 12 rings (SSSR count). The Labute approximate surface area is 360 Å². The lowest BCUT2D eigenvalue weighted by Gasteiger charge is -2.34. The normalized spacial score (nSPS) is 12.6. The molecule has 0 atom stereocenters. The Hall–Kier alpha value is -8.21. The molecular formula is C58H38N4. The molecule has 0 spiro atoms. The Kier molecular flexibility index (Phi) is 8.36. The maximum absolute atomic E-state index is 4.98. The molecular weight excluding hydrogens is 753 g/mol. The van der Waals surface area contributed by atoms with Gasteiger partial charge >= 0.3 is 0 Å². The summed E-state index contributed by atoms with van der Waals surface area (Å²) >= 11 is 0. The number of rotatable bonds is 7. The molecule has 4 nitrogen and oxygen atoms in total. The molecule has 62 heavy (non-hydrogen) atoms. The molecule has 0 bridgehead atoms. The van der Waals surface area contributed by atoms with E-state index in [2.05, 4.69) is 174 Å². The minimum atomic E-state index is -0.454. The van der Waals surface area contributed by atoms with Gasteiger partial charge in [0.25, 0.3) is 0 Å². The van der Waals surface area contributed by atoms with E-state index in [4.69, 9.17) is 15.0 Å². The maximum atomic E-state index is 4.98. The van der Waals surface area contributed by atoms with Crippen molar-refractivity contribution in [2.75, 3.05) is 0 Å². The summed E-state index contributed by atoms with van der Waals surface area (Å²) in [6.07, 6.45) is 0. The lowest BCUT2D eigenvalue weighted by Crippen LogP contribution is -2.28. The van der Waals surface area contributed by atoms with Gasteiger partial charge in [-0.05, 0) is 93.0 Å². The van der Waals surface area contributed by atoms with Crippen LogP contribution in [0.4, 0.5) is 0 Å². The quantitative estimate of drug-likeness (QED) is 0.161. The van der Waals surface area contributed by atoms with Gasteiger partial charge in [0.2, 0.25) is 0 Å². The molecule has 2 heterocycles. The number of fused-ring (bicyclic) bond motifs is 6. The molecule has 0 saturated carbocycles. The number of hydrogen-bond acceptors (Lipinski definition) is 3. The summed E-state index contributed by atoms with van der Waals surface area (Å²) in [6.45, 7) is 0. The molecule has 1 aliphatic carbocycles. The lowest BCUT2D eigenvalue weighted by molar-refractivity contribution is 0.769. The van der Waals surface area contributed by atoms with E-state index in [-0.39, 0.29) is 0 Å². The van der Waals surface area contributed by atoms with Crippen molar-refractivity contribution in [3.8, 4) is 62.1 Å². The molecule has 4 heteroatoms. The average molecular weight is 791 g/mol. The van der Waals surface area contributed by atoms with Crippen molar-refractivity contribution in [2.24, 2.45) is 0 Å². The van der Waals surface area contributed by atoms with Crippen molar-refractivity contribution in [1.82, 2.24) is 19.5 Å². The first kappa shape index (κ1) is 35.7. The molecule has 1 aliphatic rings. The highest BCUT2D eigenvalue weighted by atomic mass is 15.0. The second-order valence-electron chi connectivity index (χ2n) is 16.0. The molecule has 9 aromatic carbocycles. The number of para-hydroxylation sites is 1. The van der Waals surface area contributed by atoms with Gasteiger partial charge < -0.3 is 4.57 Å². The van der Waals surface area contributed by atoms with E-state index in [9.17, 15) is 0 Å². The standard InChI is InChI=1S/C58H38N4/c1-4-17-39(18-5-1)55-59-56(40-19-6-2-7-20-40)61-57(60-55)41-31-34-46(35-32-41)62-53-30-15-12-27-49(53)50-38-43(33-36-54(50)62)42-21-16-24-45(37-42)58(44-22-8-3-9-23-44)51-28-13-10-25-47(51)48-26-11-14-29-52(48)58/h1-38H. The minimum absolute atomic E-state index is 0.454. The van der Waals surface area contributed by atoms with Gasteiger partial charge in [0, 0.05) is 33.2 Å². The highest BCUT2D eigenvalue weighted by Gasteiger charge is 2.45. The molecule has 0 radical (unpaired) electrons. The first-order valence-electron chi connectivity index (χ1n) is 21.1. The van der Waals surface area contributed by atoms with Crippen LogP contribution in [0, 0.1) is 0 Å². The summed E-state index contributed by atoms with van der Waals surface area (Å²) in [5, 5.41) is 2.42. The Balaban J connectivity index is 0.965. The van der Waals surface area contributed by atoms with Crippen LogP contribution in [0.25, 0.3) is 83.9 Å². The molecule has 0 unspecified atom stereocenters. The third-order valence-electron chi connectivity index (χ3n) is 12.5. The zero-order chi connectivity index (χ0) is 41.0. The molecule has 0 fully saturated rings. The van der Waals surface area contributed by atoms with Gasteiger partial charge in [-0.15, -0.1) is 0 Å². The highest BCUT2D eigenvalue weighted by Crippen LogP contribution is 2.56. The predicted molar refractivity (Wildman–Crippen MR) is 253 cm³/mol. The van der Waals surface area contributed by atoms with E-state index in [1.54, 1.807) is 0 Å². The SMILES string of the molecule is c1ccc(-c2nc(-c3ccccc3)nc(-c3ccc(-n4c5ccccc5c5cc(-c6cccc(C7(c8ccccc8)c8ccccc8-c8ccccc87)c6)ccc54)cc3)n2)cc1. The van der Waals surface area contributed by atoms with E-state index in [1.807, 2.05) is 60.7 Å². The lowest BCUT2D eigenvalue weighted by atomic mass is 9.67. The van der Waals surface area contributed by atoms with Crippen LogP contribution in [0.1, 0.15) is 22.3 Å². The molecule has 0 N–H and O–H groups in total. The van der Waals surface area contributed by atoms with Gasteiger partial charge in [0.15, 0.2) is 17.5 Å². The first-order chi connectivity index (χ1) is 30.7. The van der Waals surface area contributed by atoms with Crippen LogP contribution in [0.2, 0.25) is 0 Å². The van der Waals surface area contributed by atoms with Crippen LogP contribution in [-0.4, -0.2) is 19.5 Å². The van der Waals surface area contributed by atoms with Gasteiger partial charge in [-0.3, -0.25) is 0 Å². The fraction of sp³-hybridized carbons (Fsp3) is 0.0172. The van der Waals surface area contributed by atoms with Crippen molar-refractivity contribution in [2.45, 2.75) is 5.41 Å². The van der Waals surface area contributed by atoms with Crippen molar-refractivity contribution in [3.63, 3.8) is 0 Å². The van der Waals surface area contributed by atoms with Gasteiger partial charge in [-0.2, -0.15) is 0 Å². The molecule has 11 aromatic rings. The van der Waals surface area contributed by atoms with E-state index >= 15 is 0 Å². The minimum Gasteiger partial charge on any atom is -0.309 e. The topological polar surface area (TPSA) is 43.6 Å². The van der Waals surface area contributed by atoms with Gasteiger partial charge in [0.05, 0.1) is 16.4 Å². The fourth-order valence-corrected chi connectivity index (χ4v) is 9.77. The third kappa shape index (κ3) is 5.65. The number of nitrogens with zero attached hydrogens (tertiary/aromatic N) is 4. The molecule has 290 valence electrons. The monoisotopic (exact) mass is 790 g/mol. The second-order valence-corrected chi connectivity index (χ2v) is 16.0. The molecule has 0 saturated heterocycles. The van der Waals surface area contributed by atoms with Gasteiger partial charge in [0.1, 0.15) is 0 Å². The van der Waals surface area contributed by atoms with E-state index in [0.717, 1.165) is 33.4 Å². The maximum Gasteiger partial charge on any atom is 0.164 e. The summed E-state index contributed by atoms with van der Waals surface area (Å²) in [5.74, 6) is 1.93. The number of aromatic nitrogens is 4. The Morgan fingerprint density at radius 3 is 1.39 bits per heavy atom. The number of benzene rings is 9. The average Bonchev–Trinajstić information content (AvgIpc) is 3.85. The highest BCUT2D eigenvalue weighted by molar-refractivity contribution is 6.10. The summed E-state index contributed by atoms with van der Waals surface area (Å²) in [5.41, 5.74) is 15.9. The van der Waals surface area contributed by atoms with Gasteiger partial charge in [-0.25, -0.2) is 15.0 Å². The van der Waals surface area contributed by atoms with Crippen LogP contribution < -0.4 is 0 Å². The summed E-state index contributed by atoms with van der Waals surface area (Å²) in [4.78, 5) is 14.8. The van der Waals surface area contributed by atoms with Crippen molar-refractivity contribution in [3.05, 3.63) is 253 Å². The predicted octanol–water partition coefficient (Wildman–Crippen LogP) is 14.0. The van der Waals surface area contributed by atoms with Crippen LogP contribution in [0.5, 0.6) is 0 Å². The van der Waals surface area contributed by atoms with Crippen molar-refractivity contribution >= 4 is 21.8 Å². The summed E-state index contributed by atoms with van der Waals surface area (Å²) in [7, 11) is 0. The third-order valence-corrected chi connectivity index (χ3v) is 12.5. The summed E-state index contributed by atoms with van der Waals surface area (Å²) < 4.78 is 2.36. The van der Waals surface area contributed by atoms with Crippen LogP contribution in [0.15, 0.2) is 231 Å². The van der Waals surface area contributed by atoms with Crippen LogP contribution in [0.3, 0.4) is 0 Å². The second kappa shape index (κ2) is 14.5. The number of hydrogen-bond donors (Lipinski definition) is 0.